The van der Waals surface area contributed by atoms with E-state index in [9.17, 15) is 23.2 Å². The van der Waals surface area contributed by atoms with Crippen molar-refractivity contribution in [2.45, 2.75) is 0 Å². The highest BCUT2D eigenvalue weighted by molar-refractivity contribution is 5.99. The monoisotopic (exact) mass is 315 g/mol. The number of rotatable bonds is 5. The van der Waals surface area contributed by atoms with Crippen molar-refractivity contribution >= 4 is 23.6 Å². The Labute approximate surface area is 123 Å². The van der Waals surface area contributed by atoms with Crippen LogP contribution >= 0.6 is 0 Å². The number of carboxylic acid groups (broad SMARTS) is 1. The molecule has 0 unspecified atom stereocenters. The van der Waals surface area contributed by atoms with E-state index in [2.05, 4.69) is 14.8 Å². The van der Waals surface area contributed by atoms with E-state index in [0.717, 1.165) is 14.2 Å². The smallest absolute Gasteiger partial charge is 0.354 e. The molecule has 0 spiro atoms. The molecule has 0 atom stereocenters. The molecule has 9 heteroatoms. The molecule has 0 radical (unpaired) electrons. The minimum Gasteiger partial charge on any atom is -0.478 e. The van der Waals surface area contributed by atoms with Crippen molar-refractivity contribution in [2.24, 2.45) is 0 Å². The van der Waals surface area contributed by atoms with Crippen LogP contribution < -0.4 is 5.32 Å². The van der Waals surface area contributed by atoms with Crippen LogP contribution in [-0.4, -0.2) is 37.2 Å². The standard InChI is InChI=1S/C13H11F2NO6/c1-21-11(17)5-10(13(20)22-2)16-9-3-6(12(18)19)7(14)4-8(9)15/h3-5,16H,1-2H3,(H,18,19)/b10-5+. The predicted octanol–water partition coefficient (Wildman–Crippen LogP) is 1.30. The molecule has 0 fully saturated rings. The summed E-state index contributed by atoms with van der Waals surface area (Å²) in [6, 6.07) is 0.972. The molecule has 0 amide bonds. The molecule has 0 aromatic heterocycles. The highest BCUT2D eigenvalue weighted by Gasteiger charge is 2.19. The summed E-state index contributed by atoms with van der Waals surface area (Å²) in [7, 11) is 2.06. The van der Waals surface area contributed by atoms with E-state index < -0.39 is 46.5 Å². The lowest BCUT2D eigenvalue weighted by atomic mass is 10.1. The topological polar surface area (TPSA) is 102 Å². The summed E-state index contributed by atoms with van der Waals surface area (Å²) >= 11 is 0. The van der Waals surface area contributed by atoms with Gasteiger partial charge in [-0.3, -0.25) is 0 Å². The van der Waals surface area contributed by atoms with Crippen molar-refractivity contribution < 1.29 is 37.7 Å². The molecular weight excluding hydrogens is 304 g/mol. The lowest BCUT2D eigenvalue weighted by Crippen LogP contribution is -2.16. The molecule has 22 heavy (non-hydrogen) atoms. The number of carboxylic acids is 1. The summed E-state index contributed by atoms with van der Waals surface area (Å²) in [5.74, 6) is -6.05. The van der Waals surface area contributed by atoms with Gasteiger partial charge in [0.1, 0.15) is 17.3 Å². The van der Waals surface area contributed by atoms with Gasteiger partial charge in [-0.05, 0) is 6.07 Å². The van der Waals surface area contributed by atoms with Crippen molar-refractivity contribution in [3.8, 4) is 0 Å². The Balaban J connectivity index is 3.26. The van der Waals surface area contributed by atoms with Gasteiger partial charge in [0.05, 0.1) is 31.5 Å². The maximum Gasteiger partial charge on any atom is 0.354 e. The summed E-state index contributed by atoms with van der Waals surface area (Å²) in [4.78, 5) is 33.5. The number of aromatic carboxylic acids is 1. The molecule has 1 aromatic carbocycles. The predicted molar refractivity (Wildman–Crippen MR) is 69.1 cm³/mol. The molecule has 1 rings (SSSR count). The van der Waals surface area contributed by atoms with Gasteiger partial charge in [-0.1, -0.05) is 0 Å². The number of hydrogen-bond acceptors (Lipinski definition) is 6. The van der Waals surface area contributed by atoms with E-state index in [0.29, 0.717) is 18.2 Å². The van der Waals surface area contributed by atoms with Crippen molar-refractivity contribution in [3.05, 3.63) is 41.1 Å². The second kappa shape index (κ2) is 7.16. The van der Waals surface area contributed by atoms with Gasteiger partial charge in [-0.25, -0.2) is 23.2 Å². The molecule has 0 aliphatic rings. The van der Waals surface area contributed by atoms with Gasteiger partial charge in [-0.15, -0.1) is 0 Å². The minimum atomic E-state index is -1.63. The van der Waals surface area contributed by atoms with Crippen LogP contribution in [0.15, 0.2) is 23.9 Å². The highest BCUT2D eigenvalue weighted by Crippen LogP contribution is 2.21. The van der Waals surface area contributed by atoms with Gasteiger partial charge in [0.2, 0.25) is 0 Å². The zero-order chi connectivity index (χ0) is 16.9. The number of carbonyl (C=O) groups is 3. The number of anilines is 1. The third kappa shape index (κ3) is 4.01. The van der Waals surface area contributed by atoms with Crippen molar-refractivity contribution in [1.82, 2.24) is 0 Å². The number of ether oxygens (including phenoxy) is 2. The number of hydrogen-bond donors (Lipinski definition) is 2. The molecule has 1 aromatic rings. The second-order valence-corrected chi connectivity index (χ2v) is 3.81. The van der Waals surface area contributed by atoms with Crippen LogP contribution in [-0.2, 0) is 19.1 Å². The molecule has 7 nitrogen and oxygen atoms in total. The number of methoxy groups -OCH3 is 2. The summed E-state index contributed by atoms with van der Waals surface area (Å²) in [6.45, 7) is 0. The number of carbonyl (C=O) groups excluding carboxylic acids is 2. The largest absolute Gasteiger partial charge is 0.478 e. The SMILES string of the molecule is COC(=O)/C=C(/Nc1cc(C(=O)O)c(F)cc1F)C(=O)OC. The Morgan fingerprint density at radius 1 is 1.14 bits per heavy atom. The van der Waals surface area contributed by atoms with Crippen LogP contribution in [0.4, 0.5) is 14.5 Å². The molecule has 118 valence electrons. The average Bonchev–Trinajstić information content (AvgIpc) is 2.47. The van der Waals surface area contributed by atoms with Gasteiger partial charge < -0.3 is 19.9 Å². The Morgan fingerprint density at radius 3 is 2.27 bits per heavy atom. The van der Waals surface area contributed by atoms with Gasteiger partial charge in [0, 0.05) is 6.07 Å². The number of nitrogens with one attached hydrogen (secondary N) is 1. The van der Waals surface area contributed by atoms with Crippen molar-refractivity contribution in [2.75, 3.05) is 19.5 Å². The molecule has 0 heterocycles. The number of halogens is 2. The van der Waals surface area contributed by atoms with Crippen LogP contribution in [0.3, 0.4) is 0 Å². The van der Waals surface area contributed by atoms with Crippen LogP contribution in [0.1, 0.15) is 10.4 Å². The Bertz CT molecular complexity index is 656. The molecule has 0 bridgehead atoms. The van der Waals surface area contributed by atoms with Gasteiger partial charge >= 0.3 is 17.9 Å². The van der Waals surface area contributed by atoms with Crippen LogP contribution in [0, 0.1) is 11.6 Å². The van der Waals surface area contributed by atoms with Crippen LogP contribution in [0.2, 0.25) is 0 Å². The summed E-state index contributed by atoms with van der Waals surface area (Å²) in [5.41, 5.74) is -1.86. The molecule has 0 saturated heterocycles. The summed E-state index contributed by atoms with van der Waals surface area (Å²) < 4.78 is 35.6. The van der Waals surface area contributed by atoms with Gasteiger partial charge in [-0.2, -0.15) is 0 Å². The minimum absolute atomic E-state index is 0.332. The Hall–Kier alpha value is -2.97. The van der Waals surface area contributed by atoms with Crippen molar-refractivity contribution in [3.63, 3.8) is 0 Å². The van der Waals surface area contributed by atoms with E-state index >= 15 is 0 Å². The van der Waals surface area contributed by atoms with Gasteiger partial charge in [0.25, 0.3) is 0 Å². The highest BCUT2D eigenvalue weighted by atomic mass is 19.1. The van der Waals surface area contributed by atoms with Gasteiger partial charge in [0.15, 0.2) is 0 Å². The molecule has 0 aliphatic heterocycles. The Morgan fingerprint density at radius 2 is 1.77 bits per heavy atom. The first-order valence-electron chi connectivity index (χ1n) is 5.67. The number of benzene rings is 1. The zero-order valence-electron chi connectivity index (χ0n) is 11.5. The van der Waals surface area contributed by atoms with E-state index in [-0.39, 0.29) is 0 Å². The third-order valence-electron chi connectivity index (χ3n) is 2.43. The molecule has 2 N–H and O–H groups in total. The fourth-order valence-corrected chi connectivity index (χ4v) is 1.39. The normalized spacial score (nSPS) is 10.8. The third-order valence-corrected chi connectivity index (χ3v) is 2.43. The maximum absolute atomic E-state index is 13.6. The number of esters is 2. The Kier molecular flexibility index (Phi) is 5.56. The quantitative estimate of drug-likeness (QED) is 0.624. The molecule has 0 aliphatic carbocycles. The zero-order valence-corrected chi connectivity index (χ0v) is 11.5. The lowest BCUT2D eigenvalue weighted by molar-refractivity contribution is -0.138. The fourth-order valence-electron chi connectivity index (χ4n) is 1.39. The first kappa shape index (κ1) is 17.1. The van der Waals surface area contributed by atoms with Crippen molar-refractivity contribution in [1.29, 1.82) is 0 Å². The van der Waals surface area contributed by atoms with E-state index in [1.165, 1.54) is 0 Å². The first-order chi connectivity index (χ1) is 10.3. The first-order valence-corrected chi connectivity index (χ1v) is 5.67. The van der Waals surface area contributed by atoms with E-state index in [1.807, 2.05) is 0 Å². The maximum atomic E-state index is 13.6. The lowest BCUT2D eigenvalue weighted by Gasteiger charge is -2.11. The van der Waals surface area contributed by atoms with Crippen LogP contribution in [0.5, 0.6) is 0 Å². The van der Waals surface area contributed by atoms with E-state index in [1.54, 1.807) is 0 Å². The van der Waals surface area contributed by atoms with E-state index in [4.69, 9.17) is 5.11 Å². The van der Waals surface area contributed by atoms with Crippen LogP contribution in [0.25, 0.3) is 0 Å². The summed E-state index contributed by atoms with van der Waals surface area (Å²) in [5, 5.41) is 10.9. The average molecular weight is 315 g/mol. The molecular formula is C13H11F2NO6. The molecule has 0 saturated carbocycles. The second-order valence-electron chi connectivity index (χ2n) is 3.81. The fraction of sp³-hybridized carbons (Fsp3) is 0.154. The summed E-state index contributed by atoms with van der Waals surface area (Å²) in [6.07, 6.45) is 0.676.